The third-order valence-electron chi connectivity index (χ3n) is 6.33. The van der Waals surface area contributed by atoms with Gasteiger partial charge in [0.15, 0.2) is 0 Å². The summed E-state index contributed by atoms with van der Waals surface area (Å²) in [5.74, 6) is -1.61. The number of hydrogen-bond donors (Lipinski definition) is 2. The van der Waals surface area contributed by atoms with Crippen LogP contribution >= 0.6 is 0 Å². The predicted octanol–water partition coefficient (Wildman–Crippen LogP) is 4.26. The van der Waals surface area contributed by atoms with Crippen LogP contribution in [-0.4, -0.2) is 66.0 Å². The molecule has 0 aromatic heterocycles. The average molecular weight is 487 g/mol. The average Bonchev–Trinajstić information content (AvgIpc) is 3.19. The number of carbonyl (C=O) groups is 2. The maximum Gasteiger partial charge on any atom is 0.416 e. The Bertz CT molecular complexity index is 877. The van der Waals surface area contributed by atoms with Crippen molar-refractivity contribution in [1.29, 1.82) is 0 Å². The van der Waals surface area contributed by atoms with Crippen molar-refractivity contribution >= 4 is 11.9 Å². The fraction of sp³-hybridized carbons (Fsp3) is 0.667. The van der Waals surface area contributed by atoms with Crippen LogP contribution in [0.2, 0.25) is 0 Å². The molecule has 2 aliphatic rings. The fourth-order valence-electron chi connectivity index (χ4n) is 4.58. The number of hydrogen-bond acceptors (Lipinski definition) is 3. The second kappa shape index (κ2) is 10.5. The maximum atomic E-state index is 13.6. The quantitative estimate of drug-likeness (QED) is 0.612. The number of piperidine rings is 1. The number of nitrogens with one attached hydrogen (secondary N) is 2. The molecule has 2 fully saturated rings. The highest BCUT2D eigenvalue weighted by molar-refractivity contribution is 5.94. The van der Waals surface area contributed by atoms with E-state index >= 15 is 0 Å². The molecule has 0 bridgehead atoms. The number of urea groups is 1. The summed E-state index contributed by atoms with van der Waals surface area (Å²) in [5.41, 5.74) is -1.80. The number of nitrogens with zero attached hydrogens (tertiary/aromatic N) is 2. The Kier molecular flexibility index (Phi) is 8.10. The van der Waals surface area contributed by atoms with Crippen LogP contribution in [0, 0.1) is 11.7 Å². The highest BCUT2D eigenvalue weighted by atomic mass is 19.4. The summed E-state index contributed by atoms with van der Waals surface area (Å²) >= 11 is 0. The predicted molar refractivity (Wildman–Crippen MR) is 121 cm³/mol. The lowest BCUT2D eigenvalue weighted by Crippen LogP contribution is -2.53. The Morgan fingerprint density at radius 1 is 1.03 bits per heavy atom. The molecule has 1 atom stereocenters. The lowest BCUT2D eigenvalue weighted by Gasteiger charge is -2.36. The van der Waals surface area contributed by atoms with E-state index in [4.69, 9.17) is 0 Å². The molecular formula is C24H34F4N4O2. The standard InChI is InChI=1S/C24H34F4N4O2/c1-23(2,3)30-22(34)32-8-4-5-20(32)15-31-9-6-16(7-10-31)14-29-21(33)17-11-18(24(26,27)28)13-19(25)12-17/h11-13,16,20H,4-10,14-15H2,1-3H3,(H,29,33)(H,30,34)/t20-/m0/s1. The van der Waals surface area contributed by atoms with E-state index in [0.717, 1.165) is 57.9 Å². The van der Waals surface area contributed by atoms with Crippen LogP contribution in [0.1, 0.15) is 62.4 Å². The van der Waals surface area contributed by atoms with Gasteiger partial charge >= 0.3 is 12.2 Å². The molecule has 0 radical (unpaired) electrons. The van der Waals surface area contributed by atoms with Crippen molar-refractivity contribution in [1.82, 2.24) is 20.4 Å². The van der Waals surface area contributed by atoms with Crippen LogP contribution in [-0.2, 0) is 6.18 Å². The summed E-state index contributed by atoms with van der Waals surface area (Å²) in [4.78, 5) is 29.2. The van der Waals surface area contributed by atoms with Gasteiger partial charge in [-0.05, 0) is 83.7 Å². The molecule has 190 valence electrons. The van der Waals surface area contributed by atoms with Gasteiger partial charge in [0.2, 0.25) is 0 Å². The minimum absolute atomic E-state index is 0.0290. The van der Waals surface area contributed by atoms with Gasteiger partial charge < -0.3 is 20.4 Å². The number of likely N-dealkylation sites (tertiary alicyclic amines) is 2. The van der Waals surface area contributed by atoms with Gasteiger partial charge in [-0.2, -0.15) is 13.2 Å². The molecule has 0 aliphatic carbocycles. The first-order chi connectivity index (χ1) is 15.8. The summed E-state index contributed by atoms with van der Waals surface area (Å²) in [7, 11) is 0. The normalized spacial score (nSPS) is 20.4. The minimum atomic E-state index is -4.72. The largest absolute Gasteiger partial charge is 0.416 e. The minimum Gasteiger partial charge on any atom is -0.352 e. The van der Waals surface area contributed by atoms with Crippen LogP contribution in [0.4, 0.5) is 22.4 Å². The molecule has 0 unspecified atom stereocenters. The van der Waals surface area contributed by atoms with Crippen molar-refractivity contribution in [2.24, 2.45) is 5.92 Å². The monoisotopic (exact) mass is 486 g/mol. The summed E-state index contributed by atoms with van der Waals surface area (Å²) in [6.07, 6.45) is -1.09. The SMILES string of the molecule is CC(C)(C)NC(=O)N1CCC[C@H]1CN1CCC(CNC(=O)c2cc(F)cc(C(F)(F)F)c2)CC1. The molecule has 0 spiro atoms. The smallest absolute Gasteiger partial charge is 0.352 e. The van der Waals surface area contributed by atoms with E-state index in [-0.39, 0.29) is 29.1 Å². The summed E-state index contributed by atoms with van der Waals surface area (Å²) < 4.78 is 52.2. The molecular weight excluding hydrogens is 452 g/mol. The Labute approximate surface area is 198 Å². The van der Waals surface area contributed by atoms with E-state index in [2.05, 4.69) is 15.5 Å². The van der Waals surface area contributed by atoms with Gasteiger partial charge in [0.25, 0.3) is 5.91 Å². The third kappa shape index (κ3) is 7.32. The molecule has 0 saturated carbocycles. The van der Waals surface area contributed by atoms with E-state index in [9.17, 15) is 27.2 Å². The molecule has 2 N–H and O–H groups in total. The molecule has 2 aliphatic heterocycles. The molecule has 2 saturated heterocycles. The van der Waals surface area contributed by atoms with E-state index in [1.807, 2.05) is 25.7 Å². The molecule has 10 heteroatoms. The zero-order valence-electron chi connectivity index (χ0n) is 20.0. The third-order valence-corrected chi connectivity index (χ3v) is 6.33. The summed E-state index contributed by atoms with van der Waals surface area (Å²) in [6, 6.07) is 2.01. The van der Waals surface area contributed by atoms with Gasteiger partial charge in [0.05, 0.1) is 5.56 Å². The zero-order valence-corrected chi connectivity index (χ0v) is 20.0. The van der Waals surface area contributed by atoms with Crippen LogP contribution in [0.5, 0.6) is 0 Å². The van der Waals surface area contributed by atoms with Crippen LogP contribution in [0.15, 0.2) is 18.2 Å². The lowest BCUT2D eigenvalue weighted by atomic mass is 9.96. The van der Waals surface area contributed by atoms with Crippen molar-refractivity contribution in [3.8, 4) is 0 Å². The fourth-order valence-corrected chi connectivity index (χ4v) is 4.58. The Morgan fingerprint density at radius 2 is 1.71 bits per heavy atom. The van der Waals surface area contributed by atoms with E-state index < -0.39 is 23.5 Å². The van der Waals surface area contributed by atoms with E-state index in [0.29, 0.717) is 18.7 Å². The first kappa shape index (κ1) is 26.2. The Balaban J connectivity index is 1.45. The summed E-state index contributed by atoms with van der Waals surface area (Å²) in [6.45, 7) is 9.42. The van der Waals surface area contributed by atoms with Crippen molar-refractivity contribution in [3.05, 3.63) is 35.1 Å². The molecule has 2 heterocycles. The first-order valence-electron chi connectivity index (χ1n) is 11.8. The van der Waals surface area contributed by atoms with Gasteiger partial charge in [-0.1, -0.05) is 0 Å². The van der Waals surface area contributed by atoms with Crippen molar-refractivity contribution in [3.63, 3.8) is 0 Å². The van der Waals surface area contributed by atoms with E-state index in [1.54, 1.807) is 0 Å². The molecule has 6 nitrogen and oxygen atoms in total. The van der Waals surface area contributed by atoms with Crippen LogP contribution in [0.25, 0.3) is 0 Å². The number of benzene rings is 1. The maximum absolute atomic E-state index is 13.6. The number of alkyl halides is 3. The number of halogens is 4. The van der Waals surface area contributed by atoms with Gasteiger partial charge in [0.1, 0.15) is 5.82 Å². The van der Waals surface area contributed by atoms with Crippen molar-refractivity contribution < 1.29 is 27.2 Å². The van der Waals surface area contributed by atoms with Gasteiger partial charge in [-0.15, -0.1) is 0 Å². The van der Waals surface area contributed by atoms with E-state index in [1.165, 1.54) is 0 Å². The molecule has 34 heavy (non-hydrogen) atoms. The van der Waals surface area contributed by atoms with Gasteiger partial charge in [-0.25, -0.2) is 9.18 Å². The lowest BCUT2D eigenvalue weighted by molar-refractivity contribution is -0.137. The topological polar surface area (TPSA) is 64.7 Å². The highest BCUT2D eigenvalue weighted by Crippen LogP contribution is 2.30. The second-order valence-electron chi connectivity index (χ2n) is 10.3. The first-order valence-corrected chi connectivity index (χ1v) is 11.8. The van der Waals surface area contributed by atoms with Crippen molar-refractivity contribution in [2.45, 2.75) is 64.2 Å². The van der Waals surface area contributed by atoms with Crippen molar-refractivity contribution in [2.75, 3.05) is 32.7 Å². The Hall–Kier alpha value is -2.36. The molecule has 3 rings (SSSR count). The van der Waals surface area contributed by atoms with Crippen LogP contribution in [0.3, 0.4) is 0 Å². The second-order valence-corrected chi connectivity index (χ2v) is 10.3. The molecule has 3 amide bonds. The molecule has 1 aromatic rings. The summed E-state index contributed by atoms with van der Waals surface area (Å²) in [5, 5.41) is 5.69. The highest BCUT2D eigenvalue weighted by Gasteiger charge is 2.33. The zero-order chi connectivity index (χ0) is 25.1. The number of carbonyl (C=O) groups excluding carboxylic acids is 2. The van der Waals surface area contributed by atoms with Gasteiger partial charge in [-0.3, -0.25) is 4.79 Å². The number of amides is 3. The van der Waals surface area contributed by atoms with Crippen LogP contribution < -0.4 is 10.6 Å². The Morgan fingerprint density at radius 3 is 2.32 bits per heavy atom. The number of rotatable bonds is 5. The molecule has 1 aromatic carbocycles. The van der Waals surface area contributed by atoms with Gasteiger partial charge in [0, 0.05) is 36.8 Å².